The number of benzene rings is 1. The molecule has 0 fully saturated rings. The average Bonchev–Trinajstić information content (AvgIpc) is 2.47. The van der Waals surface area contributed by atoms with Gasteiger partial charge in [0.15, 0.2) is 0 Å². The van der Waals surface area contributed by atoms with Crippen LogP contribution in [0.4, 0.5) is 5.95 Å². The molecule has 0 atom stereocenters. The van der Waals surface area contributed by atoms with Crippen LogP contribution in [0.15, 0.2) is 48.8 Å². The van der Waals surface area contributed by atoms with Crippen LogP contribution in [-0.4, -0.2) is 53.7 Å². The summed E-state index contributed by atoms with van der Waals surface area (Å²) in [6.45, 7) is 0. The van der Waals surface area contributed by atoms with Gasteiger partial charge in [-0.1, -0.05) is 30.3 Å². The molecule has 5 nitrogen and oxygen atoms in total. The van der Waals surface area contributed by atoms with Crippen LogP contribution >= 0.6 is 0 Å². The zero-order valence-corrected chi connectivity index (χ0v) is 10.3. The standard InChI is InChI=1S/C13H15N3O2.Na.H/c1-17-13(18-2,11-7-4-3-5-8-11)16-12-14-9-6-10-15-12;;/h3-10H,1-2H3,(H,14,15,16);;. The van der Waals surface area contributed by atoms with Gasteiger partial charge in [-0.25, -0.2) is 9.97 Å². The van der Waals surface area contributed by atoms with E-state index in [0.29, 0.717) is 5.95 Å². The van der Waals surface area contributed by atoms with Crippen molar-refractivity contribution in [3.63, 3.8) is 0 Å². The Morgan fingerprint density at radius 3 is 2.05 bits per heavy atom. The molecule has 0 saturated heterocycles. The van der Waals surface area contributed by atoms with E-state index in [-0.39, 0.29) is 29.6 Å². The van der Waals surface area contributed by atoms with E-state index in [9.17, 15) is 0 Å². The molecule has 2 aromatic rings. The fraction of sp³-hybridized carbons (Fsp3) is 0.231. The number of methoxy groups -OCH3 is 2. The quantitative estimate of drug-likeness (QED) is 0.656. The van der Waals surface area contributed by atoms with Crippen molar-refractivity contribution in [3.05, 3.63) is 54.4 Å². The third-order valence-corrected chi connectivity index (χ3v) is 2.57. The number of nitrogens with zero attached hydrogens (tertiary/aromatic N) is 2. The van der Waals surface area contributed by atoms with Crippen molar-refractivity contribution in [3.8, 4) is 0 Å². The summed E-state index contributed by atoms with van der Waals surface area (Å²) < 4.78 is 10.9. The second-order valence-electron chi connectivity index (χ2n) is 3.59. The van der Waals surface area contributed by atoms with Crippen LogP contribution in [0.3, 0.4) is 0 Å². The van der Waals surface area contributed by atoms with Gasteiger partial charge in [0.25, 0.3) is 5.91 Å². The average molecular weight is 269 g/mol. The monoisotopic (exact) mass is 269 g/mol. The van der Waals surface area contributed by atoms with Gasteiger partial charge in [-0.05, 0) is 6.07 Å². The molecule has 0 spiro atoms. The topological polar surface area (TPSA) is 56.3 Å². The van der Waals surface area contributed by atoms with E-state index in [4.69, 9.17) is 9.47 Å². The van der Waals surface area contributed by atoms with E-state index in [1.165, 1.54) is 0 Å². The van der Waals surface area contributed by atoms with Gasteiger partial charge in [-0.2, -0.15) is 0 Å². The molecule has 19 heavy (non-hydrogen) atoms. The predicted molar refractivity (Wildman–Crippen MR) is 74.9 cm³/mol. The van der Waals surface area contributed by atoms with E-state index in [2.05, 4.69) is 15.3 Å². The van der Waals surface area contributed by atoms with Crippen LogP contribution < -0.4 is 5.32 Å². The van der Waals surface area contributed by atoms with Crippen LogP contribution in [0.25, 0.3) is 0 Å². The second-order valence-corrected chi connectivity index (χ2v) is 3.59. The molecule has 0 radical (unpaired) electrons. The van der Waals surface area contributed by atoms with E-state index in [1.807, 2.05) is 30.3 Å². The van der Waals surface area contributed by atoms with E-state index >= 15 is 0 Å². The Morgan fingerprint density at radius 1 is 0.947 bits per heavy atom. The molecule has 0 aliphatic rings. The van der Waals surface area contributed by atoms with Crippen LogP contribution in [0.1, 0.15) is 5.56 Å². The molecule has 6 heteroatoms. The number of hydrogen-bond donors (Lipinski definition) is 1. The minimum absolute atomic E-state index is 0. The SMILES string of the molecule is COC(Nc1ncccn1)(OC)c1ccccc1.[NaH]. The van der Waals surface area contributed by atoms with Gasteiger partial charge in [0.05, 0.1) is 0 Å². The first kappa shape index (κ1) is 16.1. The summed E-state index contributed by atoms with van der Waals surface area (Å²) in [7, 11) is 3.12. The van der Waals surface area contributed by atoms with Crippen LogP contribution in [0, 0.1) is 0 Å². The maximum atomic E-state index is 5.46. The number of hydrogen-bond acceptors (Lipinski definition) is 5. The van der Waals surface area contributed by atoms with Crippen LogP contribution in [0.2, 0.25) is 0 Å². The van der Waals surface area contributed by atoms with Crippen molar-refractivity contribution in [2.24, 2.45) is 0 Å². The summed E-state index contributed by atoms with van der Waals surface area (Å²) in [6.07, 6.45) is 3.30. The van der Waals surface area contributed by atoms with Crippen molar-refractivity contribution in [2.45, 2.75) is 5.91 Å². The molecular weight excluding hydrogens is 253 g/mol. The van der Waals surface area contributed by atoms with E-state index in [0.717, 1.165) is 5.56 Å². The third kappa shape index (κ3) is 3.75. The Bertz CT molecular complexity index is 478. The molecule has 0 aliphatic heterocycles. The molecule has 0 saturated carbocycles. The summed E-state index contributed by atoms with van der Waals surface area (Å²) in [5, 5.41) is 3.04. The molecule has 2 rings (SSSR count). The zero-order valence-electron chi connectivity index (χ0n) is 10.3. The number of ether oxygens (including phenoxy) is 2. The van der Waals surface area contributed by atoms with Crippen molar-refractivity contribution >= 4 is 35.5 Å². The van der Waals surface area contributed by atoms with Gasteiger partial charge in [0, 0.05) is 32.2 Å². The molecule has 0 amide bonds. The Labute approximate surface area is 134 Å². The molecule has 0 bridgehead atoms. The number of anilines is 1. The van der Waals surface area contributed by atoms with Crippen molar-refractivity contribution in [1.82, 2.24) is 9.97 Å². The van der Waals surface area contributed by atoms with Gasteiger partial charge in [0.1, 0.15) is 0 Å². The molecule has 0 unspecified atom stereocenters. The van der Waals surface area contributed by atoms with Gasteiger partial charge in [-0.15, -0.1) is 0 Å². The van der Waals surface area contributed by atoms with Crippen molar-refractivity contribution in [2.75, 3.05) is 19.5 Å². The molecule has 1 aromatic heterocycles. The zero-order chi connectivity index (χ0) is 12.8. The van der Waals surface area contributed by atoms with E-state index in [1.54, 1.807) is 32.7 Å². The third-order valence-electron chi connectivity index (χ3n) is 2.57. The minimum atomic E-state index is -1.09. The summed E-state index contributed by atoms with van der Waals surface area (Å²) in [4.78, 5) is 8.21. The first-order valence-corrected chi connectivity index (χ1v) is 5.52. The molecule has 1 aromatic carbocycles. The summed E-state index contributed by atoms with van der Waals surface area (Å²) >= 11 is 0. The van der Waals surface area contributed by atoms with Crippen LogP contribution in [0.5, 0.6) is 0 Å². The second kappa shape index (κ2) is 7.57. The van der Waals surface area contributed by atoms with E-state index < -0.39 is 5.91 Å². The Kier molecular flexibility index (Phi) is 6.41. The van der Waals surface area contributed by atoms with Gasteiger partial charge < -0.3 is 9.47 Å². The summed E-state index contributed by atoms with van der Waals surface area (Å²) in [6, 6.07) is 11.3. The first-order valence-electron chi connectivity index (χ1n) is 5.52. The fourth-order valence-electron chi connectivity index (χ4n) is 1.66. The number of rotatable bonds is 5. The summed E-state index contributed by atoms with van der Waals surface area (Å²) in [5.74, 6) is -0.659. The molecule has 1 heterocycles. The van der Waals surface area contributed by atoms with Crippen LogP contribution in [-0.2, 0) is 15.4 Å². The van der Waals surface area contributed by atoms with Gasteiger partial charge in [-0.3, -0.25) is 5.32 Å². The molecule has 96 valence electrons. The Hall–Kier alpha value is -0.980. The molecular formula is C13H16N3NaO2. The number of aromatic nitrogens is 2. The summed E-state index contributed by atoms with van der Waals surface area (Å²) in [5.41, 5.74) is 0.836. The van der Waals surface area contributed by atoms with Gasteiger partial charge in [0.2, 0.25) is 5.95 Å². The van der Waals surface area contributed by atoms with Gasteiger partial charge >= 0.3 is 29.6 Å². The van der Waals surface area contributed by atoms with Crippen molar-refractivity contribution < 1.29 is 9.47 Å². The predicted octanol–water partition coefficient (Wildman–Crippen LogP) is 1.34. The maximum absolute atomic E-state index is 5.46. The Morgan fingerprint density at radius 2 is 1.53 bits per heavy atom. The fourth-order valence-corrected chi connectivity index (χ4v) is 1.66. The van der Waals surface area contributed by atoms with Crippen molar-refractivity contribution in [1.29, 1.82) is 0 Å². The molecule has 0 aliphatic carbocycles. The first-order chi connectivity index (χ1) is 8.80. The number of nitrogens with one attached hydrogen (secondary N) is 1. The Balaban J connectivity index is 0.00000180. The molecule has 1 N–H and O–H groups in total. The normalized spacial score (nSPS) is 10.6.